The van der Waals surface area contributed by atoms with E-state index in [9.17, 15) is 4.79 Å². The molecule has 5 nitrogen and oxygen atoms in total. The van der Waals surface area contributed by atoms with Crippen LogP contribution in [-0.2, 0) is 4.79 Å². The SMILES string of the molecule is CCSC1=NC(=Cc2ccc(OC)cc2)C(=O)N1c1cccc(OC)c1. The van der Waals surface area contributed by atoms with E-state index >= 15 is 0 Å². The Hall–Kier alpha value is -2.73. The van der Waals surface area contributed by atoms with Crippen LogP contribution in [-0.4, -0.2) is 31.0 Å². The van der Waals surface area contributed by atoms with Gasteiger partial charge in [0.15, 0.2) is 5.17 Å². The Labute approximate surface area is 157 Å². The number of thioether (sulfide) groups is 1. The summed E-state index contributed by atoms with van der Waals surface area (Å²) in [6.07, 6.45) is 1.79. The minimum Gasteiger partial charge on any atom is -0.497 e. The second kappa shape index (κ2) is 8.10. The number of carbonyl (C=O) groups is 1. The summed E-state index contributed by atoms with van der Waals surface area (Å²) in [4.78, 5) is 19.2. The number of methoxy groups -OCH3 is 2. The lowest BCUT2D eigenvalue weighted by Gasteiger charge is -2.18. The highest BCUT2D eigenvalue weighted by Crippen LogP contribution is 2.31. The Morgan fingerprint density at radius 3 is 2.46 bits per heavy atom. The van der Waals surface area contributed by atoms with Crippen LogP contribution >= 0.6 is 11.8 Å². The van der Waals surface area contributed by atoms with Crippen molar-refractivity contribution in [3.8, 4) is 11.5 Å². The first-order valence-corrected chi connectivity index (χ1v) is 9.20. The lowest BCUT2D eigenvalue weighted by molar-refractivity contribution is -0.113. The highest BCUT2D eigenvalue weighted by Gasteiger charge is 2.31. The molecular weight excluding hydrogens is 348 g/mol. The number of hydrogen-bond acceptors (Lipinski definition) is 5. The minimum absolute atomic E-state index is 0.148. The molecule has 0 saturated carbocycles. The molecule has 0 N–H and O–H groups in total. The molecular formula is C20H20N2O3S. The van der Waals surface area contributed by atoms with Gasteiger partial charge in [0.2, 0.25) is 0 Å². The van der Waals surface area contributed by atoms with Crippen molar-refractivity contribution in [3.05, 3.63) is 59.8 Å². The molecule has 2 aromatic carbocycles. The van der Waals surface area contributed by atoms with Gasteiger partial charge in [0, 0.05) is 6.07 Å². The molecule has 0 radical (unpaired) electrons. The lowest BCUT2D eigenvalue weighted by atomic mass is 10.2. The zero-order chi connectivity index (χ0) is 18.5. The fourth-order valence-corrected chi connectivity index (χ4v) is 3.30. The van der Waals surface area contributed by atoms with E-state index in [2.05, 4.69) is 4.99 Å². The Balaban J connectivity index is 1.95. The zero-order valence-electron chi connectivity index (χ0n) is 14.9. The summed E-state index contributed by atoms with van der Waals surface area (Å²) in [6, 6.07) is 14.9. The summed E-state index contributed by atoms with van der Waals surface area (Å²) in [5.74, 6) is 2.14. The number of carbonyl (C=O) groups excluding carboxylic acids is 1. The van der Waals surface area contributed by atoms with E-state index in [0.29, 0.717) is 16.6 Å². The third kappa shape index (κ3) is 3.75. The standard InChI is InChI=1S/C20H20N2O3S/c1-4-26-20-21-18(12-14-8-10-16(24-2)11-9-14)19(23)22(20)15-6-5-7-17(13-15)25-3/h5-13H,4H2,1-3H3. The van der Waals surface area contributed by atoms with Crippen molar-refractivity contribution in [1.82, 2.24) is 0 Å². The van der Waals surface area contributed by atoms with Crippen molar-refractivity contribution >= 4 is 34.6 Å². The normalized spacial score (nSPS) is 15.3. The van der Waals surface area contributed by atoms with Crippen molar-refractivity contribution < 1.29 is 14.3 Å². The van der Waals surface area contributed by atoms with Gasteiger partial charge in [0.1, 0.15) is 17.2 Å². The molecule has 0 bridgehead atoms. The third-order valence-corrected chi connectivity index (χ3v) is 4.65. The van der Waals surface area contributed by atoms with E-state index in [1.807, 2.05) is 55.5 Å². The average molecular weight is 368 g/mol. The molecule has 6 heteroatoms. The number of amides is 1. The second-order valence-corrected chi connectivity index (χ2v) is 6.70. The highest BCUT2D eigenvalue weighted by molar-refractivity contribution is 8.14. The van der Waals surface area contributed by atoms with Gasteiger partial charge in [-0.1, -0.05) is 36.9 Å². The van der Waals surface area contributed by atoms with E-state index in [4.69, 9.17) is 9.47 Å². The second-order valence-electron chi connectivity index (χ2n) is 5.47. The predicted molar refractivity (Wildman–Crippen MR) is 107 cm³/mol. The van der Waals surface area contributed by atoms with Crippen molar-refractivity contribution in [2.24, 2.45) is 4.99 Å². The molecule has 1 heterocycles. The minimum atomic E-state index is -0.148. The van der Waals surface area contributed by atoms with Gasteiger partial charge in [-0.15, -0.1) is 0 Å². The molecule has 134 valence electrons. The van der Waals surface area contributed by atoms with Crippen LogP contribution in [0.4, 0.5) is 5.69 Å². The zero-order valence-corrected chi connectivity index (χ0v) is 15.7. The molecule has 3 rings (SSSR count). The number of nitrogens with zero attached hydrogens (tertiary/aromatic N) is 2. The number of rotatable bonds is 5. The number of benzene rings is 2. The summed E-state index contributed by atoms with van der Waals surface area (Å²) in [5.41, 5.74) is 2.05. The summed E-state index contributed by atoms with van der Waals surface area (Å²) < 4.78 is 10.4. The molecule has 0 fully saturated rings. The van der Waals surface area contributed by atoms with Crippen molar-refractivity contribution in [3.63, 3.8) is 0 Å². The van der Waals surface area contributed by atoms with E-state index in [0.717, 1.165) is 22.8 Å². The molecule has 0 atom stereocenters. The molecule has 1 amide bonds. The number of aliphatic imine (C=N–C) groups is 1. The first-order chi connectivity index (χ1) is 12.7. The Bertz CT molecular complexity index is 860. The Kier molecular flexibility index (Phi) is 5.63. The summed E-state index contributed by atoms with van der Waals surface area (Å²) in [7, 11) is 3.23. The van der Waals surface area contributed by atoms with Crippen LogP contribution in [0, 0.1) is 0 Å². The van der Waals surface area contributed by atoms with E-state index < -0.39 is 0 Å². The molecule has 0 saturated heterocycles. The fourth-order valence-electron chi connectivity index (χ4n) is 2.56. The maximum absolute atomic E-state index is 13.0. The summed E-state index contributed by atoms with van der Waals surface area (Å²) in [6.45, 7) is 2.03. The van der Waals surface area contributed by atoms with E-state index in [1.54, 1.807) is 25.2 Å². The largest absolute Gasteiger partial charge is 0.497 e. The third-order valence-electron chi connectivity index (χ3n) is 3.83. The number of amidine groups is 1. The Morgan fingerprint density at radius 2 is 1.81 bits per heavy atom. The van der Waals surface area contributed by atoms with Crippen LogP contribution in [0.25, 0.3) is 6.08 Å². The molecule has 2 aromatic rings. The van der Waals surface area contributed by atoms with Crippen molar-refractivity contribution in [2.75, 3.05) is 24.9 Å². The van der Waals surface area contributed by atoms with Crippen molar-refractivity contribution in [2.45, 2.75) is 6.92 Å². The average Bonchev–Trinajstić information content (AvgIpc) is 2.98. The van der Waals surface area contributed by atoms with Crippen LogP contribution in [0.15, 0.2) is 59.2 Å². The molecule has 0 spiro atoms. The Morgan fingerprint density at radius 1 is 1.08 bits per heavy atom. The quantitative estimate of drug-likeness (QED) is 0.742. The van der Waals surface area contributed by atoms with Crippen LogP contribution in [0.1, 0.15) is 12.5 Å². The summed E-state index contributed by atoms with van der Waals surface area (Å²) in [5, 5.41) is 0.672. The molecule has 26 heavy (non-hydrogen) atoms. The topological polar surface area (TPSA) is 51.1 Å². The van der Waals surface area contributed by atoms with Gasteiger partial charge in [-0.05, 0) is 41.7 Å². The number of anilines is 1. The summed E-state index contributed by atoms with van der Waals surface area (Å²) >= 11 is 1.53. The van der Waals surface area contributed by atoms with Crippen LogP contribution in [0.2, 0.25) is 0 Å². The van der Waals surface area contributed by atoms with E-state index in [-0.39, 0.29) is 5.91 Å². The van der Waals surface area contributed by atoms with Gasteiger partial charge in [0.05, 0.1) is 19.9 Å². The monoisotopic (exact) mass is 368 g/mol. The van der Waals surface area contributed by atoms with Gasteiger partial charge in [-0.2, -0.15) is 0 Å². The van der Waals surface area contributed by atoms with Gasteiger partial charge in [-0.3, -0.25) is 9.69 Å². The first-order valence-electron chi connectivity index (χ1n) is 8.22. The van der Waals surface area contributed by atoms with Gasteiger partial charge in [0.25, 0.3) is 5.91 Å². The maximum Gasteiger partial charge on any atom is 0.283 e. The molecule has 0 aromatic heterocycles. The lowest BCUT2D eigenvalue weighted by Crippen LogP contribution is -2.30. The fraction of sp³-hybridized carbons (Fsp3) is 0.200. The van der Waals surface area contributed by atoms with Crippen LogP contribution < -0.4 is 14.4 Å². The van der Waals surface area contributed by atoms with Crippen LogP contribution in [0.5, 0.6) is 11.5 Å². The molecule has 1 aliphatic rings. The van der Waals surface area contributed by atoms with Crippen LogP contribution in [0.3, 0.4) is 0 Å². The van der Waals surface area contributed by atoms with Gasteiger partial charge >= 0.3 is 0 Å². The van der Waals surface area contributed by atoms with Crippen molar-refractivity contribution in [1.29, 1.82) is 0 Å². The molecule has 0 unspecified atom stereocenters. The predicted octanol–water partition coefficient (Wildman–Crippen LogP) is 4.20. The molecule has 0 aliphatic carbocycles. The highest BCUT2D eigenvalue weighted by atomic mass is 32.2. The van der Waals surface area contributed by atoms with Gasteiger partial charge in [-0.25, -0.2) is 4.99 Å². The number of hydrogen-bond donors (Lipinski definition) is 0. The number of ether oxygens (including phenoxy) is 2. The van der Waals surface area contributed by atoms with E-state index in [1.165, 1.54) is 11.8 Å². The maximum atomic E-state index is 13.0. The van der Waals surface area contributed by atoms with Gasteiger partial charge < -0.3 is 9.47 Å². The molecule has 1 aliphatic heterocycles. The first kappa shape index (κ1) is 18.1. The smallest absolute Gasteiger partial charge is 0.283 e.